The Kier molecular flexibility index (Phi) is 8.36. The van der Waals surface area contributed by atoms with Gasteiger partial charge in [0.25, 0.3) is 5.69 Å². The van der Waals surface area contributed by atoms with Gasteiger partial charge in [-0.25, -0.2) is 4.79 Å². The molecule has 0 aliphatic heterocycles. The summed E-state index contributed by atoms with van der Waals surface area (Å²) in [5, 5.41) is 24.5. The molecular weight excluding hydrogens is 470 g/mol. The lowest BCUT2D eigenvalue weighted by Gasteiger charge is -2.17. The van der Waals surface area contributed by atoms with Crippen molar-refractivity contribution in [2.24, 2.45) is 0 Å². The smallest absolute Gasteiger partial charge is 0.331 e. The highest BCUT2D eigenvalue weighted by atomic mass is 32.2. The first-order chi connectivity index (χ1) is 16.7. The summed E-state index contributed by atoms with van der Waals surface area (Å²) in [6, 6.07) is 21.5. The van der Waals surface area contributed by atoms with Gasteiger partial charge in [-0.05, 0) is 48.9 Å². The van der Waals surface area contributed by atoms with Gasteiger partial charge in [0.15, 0.2) is 0 Å². The molecule has 10 heteroatoms. The van der Waals surface area contributed by atoms with E-state index in [9.17, 15) is 24.5 Å². The van der Waals surface area contributed by atoms with Gasteiger partial charge < -0.3 is 15.7 Å². The van der Waals surface area contributed by atoms with Gasteiger partial charge in [-0.1, -0.05) is 30.3 Å². The minimum absolute atomic E-state index is 0.0715. The zero-order chi connectivity index (χ0) is 25.4. The largest absolute Gasteiger partial charge is 0.478 e. The topological polar surface area (TPSA) is 139 Å². The van der Waals surface area contributed by atoms with Crippen molar-refractivity contribution in [1.82, 2.24) is 0 Å². The standard InChI is InChI=1S/C25H21N3O6S/c1-16(25(31)32)15-22(29)26-18-9-13-21(14-10-18)35-23(17-5-3-2-4-6-17)24(30)27-19-7-11-20(12-8-19)28(33)34/h2-15,23H,1H3,(H,26,29)(H,27,30)(H,31,32)/b16-15-/t23-/m1/s1. The van der Waals surface area contributed by atoms with Crippen LogP contribution in [0.5, 0.6) is 0 Å². The van der Waals surface area contributed by atoms with Crippen molar-refractivity contribution in [3.05, 3.63) is 106 Å². The Morgan fingerprint density at radius 1 is 0.914 bits per heavy atom. The number of carbonyl (C=O) groups excluding carboxylic acids is 2. The van der Waals surface area contributed by atoms with Gasteiger partial charge in [0.05, 0.1) is 4.92 Å². The molecule has 35 heavy (non-hydrogen) atoms. The molecule has 0 heterocycles. The molecule has 0 fully saturated rings. The minimum atomic E-state index is -1.18. The number of carboxylic acid groups (broad SMARTS) is 1. The van der Waals surface area contributed by atoms with Crippen molar-refractivity contribution in [2.45, 2.75) is 17.1 Å². The summed E-state index contributed by atoms with van der Waals surface area (Å²) in [5.41, 5.74) is 1.52. The molecule has 0 aliphatic carbocycles. The molecule has 0 saturated heterocycles. The first-order valence-corrected chi connectivity index (χ1v) is 11.2. The van der Waals surface area contributed by atoms with Crippen LogP contribution in [0.1, 0.15) is 17.7 Å². The quantitative estimate of drug-likeness (QED) is 0.165. The van der Waals surface area contributed by atoms with Gasteiger partial charge >= 0.3 is 5.97 Å². The van der Waals surface area contributed by atoms with Crippen molar-refractivity contribution in [3.63, 3.8) is 0 Å². The van der Waals surface area contributed by atoms with Crippen LogP contribution in [-0.2, 0) is 14.4 Å². The Morgan fingerprint density at radius 3 is 2.06 bits per heavy atom. The first kappa shape index (κ1) is 25.2. The zero-order valence-electron chi connectivity index (χ0n) is 18.5. The molecule has 0 bridgehead atoms. The van der Waals surface area contributed by atoms with E-state index in [4.69, 9.17) is 5.11 Å². The summed E-state index contributed by atoms with van der Waals surface area (Å²) in [7, 11) is 0. The number of carboxylic acids is 1. The fourth-order valence-electron chi connectivity index (χ4n) is 2.96. The second-order valence-corrected chi connectivity index (χ2v) is 8.53. The fourth-order valence-corrected chi connectivity index (χ4v) is 3.99. The van der Waals surface area contributed by atoms with E-state index < -0.39 is 22.0 Å². The lowest BCUT2D eigenvalue weighted by atomic mass is 10.1. The van der Waals surface area contributed by atoms with Crippen LogP contribution in [0.4, 0.5) is 17.1 Å². The predicted molar refractivity (Wildman–Crippen MR) is 133 cm³/mol. The summed E-state index contributed by atoms with van der Waals surface area (Å²) in [6.45, 7) is 1.33. The fraction of sp³-hybridized carbons (Fsp3) is 0.0800. The van der Waals surface area contributed by atoms with E-state index in [0.29, 0.717) is 11.4 Å². The maximum absolute atomic E-state index is 13.1. The number of nitrogens with one attached hydrogen (secondary N) is 2. The van der Waals surface area contributed by atoms with Gasteiger partial charge in [-0.2, -0.15) is 0 Å². The van der Waals surface area contributed by atoms with Crippen molar-refractivity contribution >= 4 is 46.6 Å². The SMILES string of the molecule is C/C(=C/C(=O)Nc1ccc(S[C@@H](C(=O)Nc2ccc([N+](=O)[O-])cc2)c2ccccc2)cc1)C(=O)O. The van der Waals surface area contributed by atoms with E-state index in [-0.39, 0.29) is 17.2 Å². The van der Waals surface area contributed by atoms with Gasteiger partial charge in [0.2, 0.25) is 11.8 Å². The molecule has 1 atom stereocenters. The summed E-state index contributed by atoms with van der Waals surface area (Å²) in [5.74, 6) is -2.04. The number of non-ortho nitro benzene ring substituents is 1. The Hall–Kier alpha value is -4.44. The number of anilines is 2. The molecular formula is C25H21N3O6S. The average molecular weight is 492 g/mol. The number of nitrogens with zero attached hydrogens (tertiary/aromatic N) is 1. The lowest BCUT2D eigenvalue weighted by Crippen LogP contribution is -2.19. The number of benzene rings is 3. The number of nitro benzene ring substituents is 1. The Bertz CT molecular complexity index is 1260. The van der Waals surface area contributed by atoms with E-state index in [0.717, 1.165) is 16.5 Å². The van der Waals surface area contributed by atoms with Crippen LogP contribution in [-0.4, -0.2) is 27.8 Å². The Morgan fingerprint density at radius 2 is 1.49 bits per heavy atom. The van der Waals surface area contributed by atoms with Crippen LogP contribution in [0.3, 0.4) is 0 Å². The molecule has 3 N–H and O–H groups in total. The van der Waals surface area contributed by atoms with Crippen LogP contribution >= 0.6 is 11.8 Å². The number of nitro groups is 1. The molecule has 178 valence electrons. The maximum Gasteiger partial charge on any atom is 0.331 e. The normalized spacial score (nSPS) is 11.9. The molecule has 2 amide bonds. The summed E-state index contributed by atoms with van der Waals surface area (Å²) in [4.78, 5) is 47.0. The van der Waals surface area contributed by atoms with Gasteiger partial charge in [-0.15, -0.1) is 11.8 Å². The summed E-state index contributed by atoms with van der Waals surface area (Å²) < 4.78 is 0. The molecule has 0 unspecified atom stereocenters. The monoisotopic (exact) mass is 491 g/mol. The van der Waals surface area contributed by atoms with Crippen LogP contribution in [0.2, 0.25) is 0 Å². The molecule has 3 aromatic carbocycles. The summed E-state index contributed by atoms with van der Waals surface area (Å²) in [6.07, 6.45) is 0.999. The second kappa shape index (κ2) is 11.6. The summed E-state index contributed by atoms with van der Waals surface area (Å²) >= 11 is 1.30. The molecule has 0 aromatic heterocycles. The molecule has 3 aromatic rings. The number of carbonyl (C=O) groups is 3. The zero-order valence-corrected chi connectivity index (χ0v) is 19.3. The molecule has 3 rings (SSSR count). The van der Waals surface area contributed by atoms with Gasteiger partial charge in [-0.3, -0.25) is 19.7 Å². The van der Waals surface area contributed by atoms with Crippen LogP contribution < -0.4 is 10.6 Å². The van der Waals surface area contributed by atoms with E-state index in [1.54, 1.807) is 24.3 Å². The Balaban J connectivity index is 1.74. The highest BCUT2D eigenvalue weighted by molar-refractivity contribution is 8.00. The maximum atomic E-state index is 13.1. The third-order valence-corrected chi connectivity index (χ3v) is 6.01. The second-order valence-electron chi connectivity index (χ2n) is 7.35. The predicted octanol–water partition coefficient (Wildman–Crippen LogP) is 5.04. The molecule has 0 radical (unpaired) electrons. The Labute approximate surface area is 205 Å². The van der Waals surface area contributed by atoms with Crippen LogP contribution in [0, 0.1) is 10.1 Å². The first-order valence-electron chi connectivity index (χ1n) is 10.3. The highest BCUT2D eigenvalue weighted by Gasteiger charge is 2.22. The molecule has 0 spiro atoms. The van der Waals surface area contributed by atoms with E-state index in [2.05, 4.69) is 10.6 Å². The number of amides is 2. The van der Waals surface area contributed by atoms with Crippen molar-refractivity contribution in [3.8, 4) is 0 Å². The molecule has 0 saturated carbocycles. The molecule has 0 aliphatic rings. The van der Waals surface area contributed by atoms with Crippen molar-refractivity contribution < 1.29 is 24.4 Å². The molecule has 9 nitrogen and oxygen atoms in total. The van der Waals surface area contributed by atoms with Crippen molar-refractivity contribution in [2.75, 3.05) is 10.6 Å². The lowest BCUT2D eigenvalue weighted by molar-refractivity contribution is -0.384. The van der Waals surface area contributed by atoms with Gasteiger partial charge in [0.1, 0.15) is 5.25 Å². The number of thioether (sulfide) groups is 1. The van der Waals surface area contributed by atoms with Crippen molar-refractivity contribution in [1.29, 1.82) is 0 Å². The number of rotatable bonds is 9. The number of aliphatic carboxylic acids is 1. The van der Waals surface area contributed by atoms with E-state index >= 15 is 0 Å². The van der Waals surface area contributed by atoms with E-state index in [1.165, 1.54) is 43.0 Å². The third kappa shape index (κ3) is 7.27. The number of hydrogen-bond acceptors (Lipinski definition) is 6. The third-order valence-electron chi connectivity index (χ3n) is 4.75. The van der Waals surface area contributed by atoms with E-state index in [1.807, 2.05) is 30.3 Å². The average Bonchev–Trinajstić information content (AvgIpc) is 2.84. The van der Waals surface area contributed by atoms with Gasteiger partial charge in [0, 0.05) is 40.1 Å². The van der Waals surface area contributed by atoms with Crippen LogP contribution in [0.25, 0.3) is 0 Å². The minimum Gasteiger partial charge on any atom is -0.478 e. The number of hydrogen-bond donors (Lipinski definition) is 3. The highest BCUT2D eigenvalue weighted by Crippen LogP contribution is 2.36. The van der Waals surface area contributed by atoms with Crippen LogP contribution in [0.15, 0.2) is 95.4 Å².